The summed E-state index contributed by atoms with van der Waals surface area (Å²) in [5.41, 5.74) is 3.43. The molecule has 1 heterocycles. The van der Waals surface area contributed by atoms with Gasteiger partial charge in [0, 0.05) is 13.1 Å². The number of nitrogens with zero attached hydrogens (tertiary/aromatic N) is 1. The minimum Gasteiger partial charge on any atom is -0.349 e. The maximum absolute atomic E-state index is 13.1. The van der Waals surface area contributed by atoms with Gasteiger partial charge in [0.05, 0.1) is 12.0 Å². The van der Waals surface area contributed by atoms with Crippen molar-refractivity contribution in [3.8, 4) is 0 Å². The number of amides is 1. The molecule has 1 fully saturated rings. The smallest absolute Gasteiger partial charge is 0.224 e. The minimum atomic E-state index is -0.213. The van der Waals surface area contributed by atoms with Crippen molar-refractivity contribution in [2.45, 2.75) is 39.3 Å². The molecule has 0 aliphatic carbocycles. The van der Waals surface area contributed by atoms with E-state index in [-0.39, 0.29) is 23.7 Å². The van der Waals surface area contributed by atoms with E-state index in [0.717, 1.165) is 43.6 Å². The third-order valence-corrected chi connectivity index (χ3v) is 5.13. The molecule has 3 nitrogen and oxygen atoms in total. The molecule has 0 radical (unpaired) electrons. The average molecular weight is 354 g/mol. The lowest BCUT2D eigenvalue weighted by atomic mass is 9.96. The largest absolute Gasteiger partial charge is 0.349 e. The van der Waals surface area contributed by atoms with Gasteiger partial charge in [-0.1, -0.05) is 42.0 Å². The Morgan fingerprint density at radius 3 is 2.58 bits per heavy atom. The fourth-order valence-corrected chi connectivity index (χ4v) is 3.53. The summed E-state index contributed by atoms with van der Waals surface area (Å²) in [6.07, 6.45) is 1.94. The van der Waals surface area contributed by atoms with Crippen molar-refractivity contribution in [3.63, 3.8) is 0 Å². The first-order valence-corrected chi connectivity index (χ1v) is 9.35. The van der Waals surface area contributed by atoms with Gasteiger partial charge in [-0.25, -0.2) is 4.39 Å². The summed E-state index contributed by atoms with van der Waals surface area (Å²) >= 11 is 0. The number of nitrogens with one attached hydrogen (secondary N) is 1. The molecule has 0 aromatic heterocycles. The fraction of sp³-hybridized carbons (Fsp3) is 0.409. The summed E-state index contributed by atoms with van der Waals surface area (Å²) in [6, 6.07) is 14.9. The van der Waals surface area contributed by atoms with E-state index in [9.17, 15) is 9.18 Å². The molecule has 138 valence electrons. The predicted octanol–water partition coefficient (Wildman–Crippen LogP) is 4.22. The van der Waals surface area contributed by atoms with Crippen LogP contribution in [0.2, 0.25) is 0 Å². The summed E-state index contributed by atoms with van der Waals surface area (Å²) in [6.45, 7) is 6.59. The normalized spacial score (nSPS) is 19.1. The highest BCUT2D eigenvalue weighted by Gasteiger charge is 2.26. The topological polar surface area (TPSA) is 32.3 Å². The second kappa shape index (κ2) is 8.45. The van der Waals surface area contributed by atoms with Crippen molar-refractivity contribution in [2.75, 3.05) is 13.1 Å². The zero-order chi connectivity index (χ0) is 18.5. The van der Waals surface area contributed by atoms with Gasteiger partial charge in [0.1, 0.15) is 5.82 Å². The molecule has 2 aromatic carbocycles. The molecule has 1 amide bonds. The number of hydrogen-bond acceptors (Lipinski definition) is 2. The number of piperidine rings is 1. The molecule has 0 saturated carbocycles. The molecular formula is C22H27FN2O. The summed E-state index contributed by atoms with van der Waals surface area (Å²) in [5.74, 6) is -0.0753. The Balaban J connectivity index is 1.55. The van der Waals surface area contributed by atoms with Crippen molar-refractivity contribution >= 4 is 5.91 Å². The lowest BCUT2D eigenvalue weighted by Gasteiger charge is -2.32. The number of carbonyl (C=O) groups excluding carboxylic acids is 1. The Labute approximate surface area is 155 Å². The lowest BCUT2D eigenvalue weighted by molar-refractivity contribution is -0.127. The van der Waals surface area contributed by atoms with Crippen LogP contribution in [-0.4, -0.2) is 23.9 Å². The van der Waals surface area contributed by atoms with Crippen LogP contribution in [0.25, 0.3) is 0 Å². The highest BCUT2D eigenvalue weighted by atomic mass is 19.1. The second-order valence-corrected chi connectivity index (χ2v) is 7.34. The third kappa shape index (κ3) is 4.92. The SMILES string of the molecule is Cc1ccc([C@@H](C)NC(=O)[C@@H]2CCCN(Cc3ccc(F)cc3)C2)cc1. The van der Waals surface area contributed by atoms with Crippen molar-refractivity contribution in [1.29, 1.82) is 0 Å². The van der Waals surface area contributed by atoms with E-state index in [0.29, 0.717) is 0 Å². The number of likely N-dealkylation sites (tertiary alicyclic amines) is 1. The third-order valence-electron chi connectivity index (χ3n) is 5.13. The maximum Gasteiger partial charge on any atom is 0.224 e. The monoisotopic (exact) mass is 354 g/mol. The summed E-state index contributed by atoms with van der Waals surface area (Å²) in [4.78, 5) is 15.0. The van der Waals surface area contributed by atoms with Crippen LogP contribution in [0.15, 0.2) is 48.5 Å². The van der Waals surface area contributed by atoms with Gasteiger partial charge in [0.25, 0.3) is 0 Å². The van der Waals surface area contributed by atoms with Crippen LogP contribution in [0, 0.1) is 18.7 Å². The number of rotatable bonds is 5. The summed E-state index contributed by atoms with van der Waals surface area (Å²) in [7, 11) is 0. The molecular weight excluding hydrogens is 327 g/mol. The number of halogens is 1. The van der Waals surface area contributed by atoms with Crippen LogP contribution in [0.5, 0.6) is 0 Å². The van der Waals surface area contributed by atoms with Crippen LogP contribution in [0.4, 0.5) is 4.39 Å². The van der Waals surface area contributed by atoms with E-state index in [1.807, 2.05) is 19.1 Å². The van der Waals surface area contributed by atoms with Crippen molar-refractivity contribution < 1.29 is 9.18 Å². The van der Waals surface area contributed by atoms with E-state index < -0.39 is 0 Å². The highest BCUT2D eigenvalue weighted by molar-refractivity contribution is 5.79. The molecule has 1 saturated heterocycles. The van der Waals surface area contributed by atoms with Crippen LogP contribution >= 0.6 is 0 Å². The molecule has 1 aliphatic rings. The molecule has 0 spiro atoms. The van der Waals surface area contributed by atoms with Gasteiger partial charge in [-0.2, -0.15) is 0 Å². The van der Waals surface area contributed by atoms with Gasteiger partial charge < -0.3 is 5.32 Å². The molecule has 0 unspecified atom stereocenters. The fourth-order valence-electron chi connectivity index (χ4n) is 3.53. The summed E-state index contributed by atoms with van der Waals surface area (Å²) in [5, 5.41) is 3.16. The highest BCUT2D eigenvalue weighted by Crippen LogP contribution is 2.21. The van der Waals surface area contributed by atoms with E-state index in [4.69, 9.17) is 0 Å². The molecule has 26 heavy (non-hydrogen) atoms. The molecule has 2 aromatic rings. The first-order chi connectivity index (χ1) is 12.5. The van der Waals surface area contributed by atoms with Gasteiger partial charge in [-0.05, 0) is 56.5 Å². The first kappa shape index (κ1) is 18.6. The first-order valence-electron chi connectivity index (χ1n) is 9.35. The molecule has 1 N–H and O–H groups in total. The van der Waals surface area contributed by atoms with Crippen molar-refractivity contribution in [2.24, 2.45) is 5.92 Å². The van der Waals surface area contributed by atoms with Crippen LogP contribution < -0.4 is 5.32 Å². The van der Waals surface area contributed by atoms with E-state index in [1.54, 1.807) is 0 Å². The Kier molecular flexibility index (Phi) is 6.04. The Morgan fingerprint density at radius 1 is 1.19 bits per heavy atom. The zero-order valence-corrected chi connectivity index (χ0v) is 15.5. The van der Waals surface area contributed by atoms with Crippen molar-refractivity contribution in [3.05, 3.63) is 71.0 Å². The van der Waals surface area contributed by atoms with Gasteiger partial charge in [-0.3, -0.25) is 9.69 Å². The number of hydrogen-bond donors (Lipinski definition) is 1. The number of benzene rings is 2. The second-order valence-electron chi connectivity index (χ2n) is 7.34. The number of aryl methyl sites for hydroxylation is 1. The Hall–Kier alpha value is -2.20. The molecule has 2 atom stereocenters. The Bertz CT molecular complexity index is 727. The Morgan fingerprint density at radius 2 is 1.88 bits per heavy atom. The standard InChI is InChI=1S/C22H27FN2O/c1-16-5-9-19(10-6-16)17(2)24-22(26)20-4-3-13-25(15-20)14-18-7-11-21(23)12-8-18/h5-12,17,20H,3-4,13-15H2,1-2H3,(H,24,26)/t17-,20-/m1/s1. The van der Waals surface area contributed by atoms with Gasteiger partial charge in [0.2, 0.25) is 5.91 Å². The van der Waals surface area contributed by atoms with Crippen LogP contribution in [0.3, 0.4) is 0 Å². The quantitative estimate of drug-likeness (QED) is 0.872. The molecule has 1 aliphatic heterocycles. The van der Waals surface area contributed by atoms with E-state index in [1.165, 1.54) is 17.7 Å². The average Bonchev–Trinajstić information content (AvgIpc) is 2.64. The predicted molar refractivity (Wildman–Crippen MR) is 102 cm³/mol. The van der Waals surface area contributed by atoms with Crippen molar-refractivity contribution in [1.82, 2.24) is 10.2 Å². The number of carbonyl (C=O) groups is 1. The van der Waals surface area contributed by atoms with Gasteiger partial charge >= 0.3 is 0 Å². The van der Waals surface area contributed by atoms with Gasteiger partial charge in [-0.15, -0.1) is 0 Å². The molecule has 0 bridgehead atoms. The zero-order valence-electron chi connectivity index (χ0n) is 15.5. The maximum atomic E-state index is 13.1. The molecule has 4 heteroatoms. The molecule has 3 rings (SSSR count). The van der Waals surface area contributed by atoms with Crippen LogP contribution in [-0.2, 0) is 11.3 Å². The van der Waals surface area contributed by atoms with Gasteiger partial charge in [0.15, 0.2) is 0 Å². The summed E-state index contributed by atoms with van der Waals surface area (Å²) < 4.78 is 13.1. The van der Waals surface area contributed by atoms with E-state index in [2.05, 4.69) is 41.4 Å². The van der Waals surface area contributed by atoms with E-state index >= 15 is 0 Å². The lowest BCUT2D eigenvalue weighted by Crippen LogP contribution is -2.43. The minimum absolute atomic E-state index is 0.00979. The van der Waals surface area contributed by atoms with Crippen LogP contribution in [0.1, 0.15) is 42.5 Å².